The van der Waals surface area contributed by atoms with Crippen LogP contribution in [0.4, 0.5) is 11.6 Å². The van der Waals surface area contributed by atoms with E-state index in [0.717, 1.165) is 50.9 Å². The Morgan fingerprint density at radius 1 is 0.833 bits per heavy atom. The van der Waals surface area contributed by atoms with Gasteiger partial charge < -0.3 is 15.1 Å². The van der Waals surface area contributed by atoms with E-state index in [-0.39, 0.29) is 0 Å². The van der Waals surface area contributed by atoms with Gasteiger partial charge in [-0.1, -0.05) is 0 Å². The van der Waals surface area contributed by atoms with Crippen molar-refractivity contribution in [3.05, 3.63) is 12.4 Å². The number of nitrogens with zero attached hydrogens (tertiary/aromatic N) is 4. The van der Waals surface area contributed by atoms with Gasteiger partial charge in [0.15, 0.2) is 0 Å². The molecule has 3 rings (SSSR count). The van der Waals surface area contributed by atoms with Gasteiger partial charge in [0.2, 0.25) is 0 Å². The van der Waals surface area contributed by atoms with Gasteiger partial charge in [0.05, 0.1) is 0 Å². The summed E-state index contributed by atoms with van der Waals surface area (Å²) < 4.78 is 0. The lowest BCUT2D eigenvalue weighted by Gasteiger charge is -2.31. The van der Waals surface area contributed by atoms with Crippen molar-refractivity contribution in [2.75, 3.05) is 49.1 Å². The minimum Gasteiger partial charge on any atom is -0.356 e. The van der Waals surface area contributed by atoms with Crippen molar-refractivity contribution in [3.63, 3.8) is 0 Å². The molecule has 2 fully saturated rings. The van der Waals surface area contributed by atoms with E-state index >= 15 is 0 Å². The summed E-state index contributed by atoms with van der Waals surface area (Å²) in [6.07, 6.45) is 5.63. The van der Waals surface area contributed by atoms with E-state index in [1.807, 2.05) is 0 Å². The summed E-state index contributed by atoms with van der Waals surface area (Å²) in [7, 11) is 0. The number of aromatic nitrogens is 2. The van der Waals surface area contributed by atoms with Gasteiger partial charge in [-0.25, -0.2) is 9.97 Å². The monoisotopic (exact) mass is 247 g/mol. The van der Waals surface area contributed by atoms with Gasteiger partial charge in [0, 0.05) is 45.3 Å². The Kier molecular flexibility index (Phi) is 3.59. The molecule has 0 spiro atoms. The van der Waals surface area contributed by atoms with Crippen LogP contribution in [0, 0.1) is 0 Å². The molecule has 18 heavy (non-hydrogen) atoms. The van der Waals surface area contributed by atoms with Crippen LogP contribution in [0.1, 0.15) is 19.3 Å². The highest BCUT2D eigenvalue weighted by Crippen LogP contribution is 2.21. The fraction of sp³-hybridized carbons (Fsp3) is 0.692. The van der Waals surface area contributed by atoms with Crippen LogP contribution in [0.3, 0.4) is 0 Å². The van der Waals surface area contributed by atoms with Crippen LogP contribution in [-0.2, 0) is 0 Å². The van der Waals surface area contributed by atoms with Crippen LogP contribution in [0.2, 0.25) is 0 Å². The fourth-order valence-corrected chi connectivity index (χ4v) is 2.70. The molecule has 1 aromatic heterocycles. The highest BCUT2D eigenvalue weighted by atomic mass is 15.3. The molecular formula is C13H21N5. The molecule has 0 saturated carbocycles. The van der Waals surface area contributed by atoms with Crippen molar-refractivity contribution in [3.8, 4) is 0 Å². The molecule has 3 heterocycles. The summed E-state index contributed by atoms with van der Waals surface area (Å²) in [5.74, 6) is 2.17. The van der Waals surface area contributed by atoms with Crippen LogP contribution >= 0.6 is 0 Å². The highest BCUT2D eigenvalue weighted by molar-refractivity contribution is 5.50. The molecule has 0 amide bonds. The lowest BCUT2D eigenvalue weighted by Crippen LogP contribution is -2.44. The van der Waals surface area contributed by atoms with Gasteiger partial charge >= 0.3 is 0 Å². The van der Waals surface area contributed by atoms with E-state index < -0.39 is 0 Å². The number of hydrogen-bond acceptors (Lipinski definition) is 5. The maximum absolute atomic E-state index is 4.43. The minimum absolute atomic E-state index is 1.04. The van der Waals surface area contributed by atoms with E-state index in [2.05, 4.69) is 31.2 Å². The van der Waals surface area contributed by atoms with Gasteiger partial charge in [-0.3, -0.25) is 0 Å². The summed E-state index contributed by atoms with van der Waals surface area (Å²) >= 11 is 0. The molecule has 0 unspecified atom stereocenters. The third-order valence-electron chi connectivity index (χ3n) is 3.76. The first kappa shape index (κ1) is 11.7. The Morgan fingerprint density at radius 2 is 1.44 bits per heavy atom. The van der Waals surface area contributed by atoms with E-state index in [4.69, 9.17) is 0 Å². The number of hydrogen-bond donors (Lipinski definition) is 1. The van der Waals surface area contributed by atoms with Gasteiger partial charge in [0.25, 0.3) is 0 Å². The Morgan fingerprint density at radius 3 is 2.11 bits per heavy atom. The topological polar surface area (TPSA) is 44.3 Å². The number of rotatable bonds is 2. The van der Waals surface area contributed by atoms with E-state index in [0.29, 0.717) is 0 Å². The number of piperidine rings is 1. The average Bonchev–Trinajstić information content (AvgIpc) is 2.49. The second-order valence-electron chi connectivity index (χ2n) is 5.02. The normalized spacial score (nSPS) is 21.1. The SMILES string of the molecule is c1nc(N2CCCCC2)cc(N2CCNCC2)n1. The molecule has 5 heteroatoms. The second-order valence-corrected chi connectivity index (χ2v) is 5.02. The third-order valence-corrected chi connectivity index (χ3v) is 3.76. The molecule has 1 aromatic rings. The van der Waals surface area contributed by atoms with Gasteiger partial charge in [0.1, 0.15) is 18.0 Å². The molecule has 0 aromatic carbocycles. The van der Waals surface area contributed by atoms with Crippen molar-refractivity contribution >= 4 is 11.6 Å². The fourth-order valence-electron chi connectivity index (χ4n) is 2.70. The Bertz CT molecular complexity index is 349. The first-order valence-corrected chi connectivity index (χ1v) is 6.96. The van der Waals surface area contributed by atoms with Crippen LogP contribution in [0.5, 0.6) is 0 Å². The molecule has 2 aliphatic heterocycles. The molecule has 5 nitrogen and oxygen atoms in total. The van der Waals surface area contributed by atoms with Crippen LogP contribution in [-0.4, -0.2) is 49.2 Å². The lowest BCUT2D eigenvalue weighted by atomic mass is 10.1. The maximum atomic E-state index is 4.43. The zero-order chi connectivity index (χ0) is 12.2. The van der Waals surface area contributed by atoms with Crippen LogP contribution in [0.25, 0.3) is 0 Å². The average molecular weight is 247 g/mol. The third kappa shape index (κ3) is 2.56. The Hall–Kier alpha value is -1.36. The van der Waals surface area contributed by atoms with Crippen LogP contribution < -0.4 is 15.1 Å². The molecule has 0 atom stereocenters. The van der Waals surface area contributed by atoms with Gasteiger partial charge in [-0.05, 0) is 19.3 Å². The first-order valence-electron chi connectivity index (χ1n) is 6.96. The molecule has 2 saturated heterocycles. The molecule has 2 aliphatic rings. The highest BCUT2D eigenvalue weighted by Gasteiger charge is 2.16. The van der Waals surface area contributed by atoms with Gasteiger partial charge in [-0.15, -0.1) is 0 Å². The summed E-state index contributed by atoms with van der Waals surface area (Å²) in [5.41, 5.74) is 0. The lowest BCUT2D eigenvalue weighted by molar-refractivity contribution is 0.570. The predicted molar refractivity (Wildman–Crippen MR) is 73.2 cm³/mol. The summed E-state index contributed by atoms with van der Waals surface area (Å²) in [6, 6.07) is 2.15. The van der Waals surface area contributed by atoms with E-state index in [1.165, 1.54) is 19.3 Å². The second kappa shape index (κ2) is 5.52. The number of anilines is 2. The van der Waals surface area contributed by atoms with Crippen molar-refractivity contribution in [2.24, 2.45) is 0 Å². The largest absolute Gasteiger partial charge is 0.356 e. The Balaban J connectivity index is 1.75. The number of nitrogens with one attached hydrogen (secondary N) is 1. The summed E-state index contributed by atoms with van der Waals surface area (Å²) in [4.78, 5) is 13.6. The predicted octanol–water partition coefficient (Wildman–Crippen LogP) is 0.876. The zero-order valence-electron chi connectivity index (χ0n) is 10.8. The van der Waals surface area contributed by atoms with Crippen molar-refractivity contribution in [1.29, 1.82) is 0 Å². The minimum atomic E-state index is 1.04. The number of piperazine rings is 1. The Labute approximate surface area is 108 Å². The van der Waals surface area contributed by atoms with Crippen molar-refractivity contribution in [1.82, 2.24) is 15.3 Å². The molecule has 1 N–H and O–H groups in total. The first-order chi connectivity index (χ1) is 8.93. The molecule has 0 aliphatic carbocycles. The summed E-state index contributed by atoms with van der Waals surface area (Å²) in [6.45, 7) is 6.44. The summed E-state index contributed by atoms with van der Waals surface area (Å²) in [5, 5.41) is 3.37. The van der Waals surface area contributed by atoms with Crippen molar-refractivity contribution in [2.45, 2.75) is 19.3 Å². The molecule has 0 bridgehead atoms. The van der Waals surface area contributed by atoms with E-state index in [1.54, 1.807) is 6.33 Å². The van der Waals surface area contributed by atoms with Crippen molar-refractivity contribution < 1.29 is 0 Å². The molecule has 0 radical (unpaired) electrons. The zero-order valence-corrected chi connectivity index (χ0v) is 10.8. The maximum Gasteiger partial charge on any atom is 0.134 e. The van der Waals surface area contributed by atoms with Gasteiger partial charge in [-0.2, -0.15) is 0 Å². The molecule has 98 valence electrons. The van der Waals surface area contributed by atoms with E-state index in [9.17, 15) is 0 Å². The van der Waals surface area contributed by atoms with Crippen LogP contribution in [0.15, 0.2) is 12.4 Å². The standard InChI is InChI=1S/C13H21N5/c1-2-6-17(7-3-1)12-10-13(16-11-15-12)18-8-4-14-5-9-18/h10-11,14H,1-9H2. The smallest absolute Gasteiger partial charge is 0.134 e. The molecular weight excluding hydrogens is 226 g/mol. The quantitative estimate of drug-likeness (QED) is 0.840.